The molecule has 2 aromatic heterocycles. The van der Waals surface area contributed by atoms with Crippen molar-refractivity contribution in [3.05, 3.63) is 58.2 Å². The Labute approximate surface area is 208 Å². The van der Waals surface area contributed by atoms with Crippen LogP contribution in [0.3, 0.4) is 0 Å². The monoisotopic (exact) mass is 496 g/mol. The first-order valence-electron chi connectivity index (χ1n) is 11.7. The number of thiophene rings is 1. The lowest BCUT2D eigenvalue weighted by molar-refractivity contribution is -0.139. The van der Waals surface area contributed by atoms with E-state index in [9.17, 15) is 19.4 Å². The lowest BCUT2D eigenvalue weighted by Gasteiger charge is -2.37. The van der Waals surface area contributed by atoms with Gasteiger partial charge >= 0.3 is 5.97 Å². The average molecular weight is 497 g/mol. The van der Waals surface area contributed by atoms with Gasteiger partial charge in [0.05, 0.1) is 36.3 Å². The van der Waals surface area contributed by atoms with Crippen LogP contribution in [-0.4, -0.2) is 52.8 Å². The van der Waals surface area contributed by atoms with Crippen LogP contribution < -0.4 is 4.74 Å². The summed E-state index contributed by atoms with van der Waals surface area (Å²) in [5, 5.41) is 23.0. The number of pyridine rings is 1. The highest BCUT2D eigenvalue weighted by Gasteiger charge is 2.31. The summed E-state index contributed by atoms with van der Waals surface area (Å²) in [6.45, 7) is 2.06. The number of fused-ring (bicyclic) bond motifs is 1. The van der Waals surface area contributed by atoms with Gasteiger partial charge in [0.2, 0.25) is 0 Å². The van der Waals surface area contributed by atoms with Crippen LogP contribution in [0.5, 0.6) is 5.75 Å². The van der Waals surface area contributed by atoms with E-state index in [1.165, 1.54) is 7.11 Å². The van der Waals surface area contributed by atoms with Gasteiger partial charge in [0.1, 0.15) is 11.6 Å². The zero-order valence-electron chi connectivity index (χ0n) is 19.6. The molecule has 0 amide bonds. The van der Waals surface area contributed by atoms with Crippen LogP contribution in [-0.2, 0) is 4.79 Å². The van der Waals surface area contributed by atoms with E-state index < -0.39 is 17.9 Å². The molecule has 4 rings (SSSR count). The summed E-state index contributed by atoms with van der Waals surface area (Å²) in [5.41, 5.74) is 0.798. The van der Waals surface area contributed by atoms with Gasteiger partial charge in [-0.05, 0) is 67.3 Å². The van der Waals surface area contributed by atoms with Gasteiger partial charge in [-0.1, -0.05) is 17.9 Å². The van der Waals surface area contributed by atoms with Crippen molar-refractivity contribution in [2.45, 2.75) is 31.8 Å². The van der Waals surface area contributed by atoms with Crippen molar-refractivity contribution in [1.82, 2.24) is 9.88 Å². The molecular weight excluding hydrogens is 467 g/mol. The molecule has 1 aromatic carbocycles. The van der Waals surface area contributed by atoms with E-state index in [2.05, 4.69) is 21.7 Å². The molecular formula is C27H29FN2O4S. The van der Waals surface area contributed by atoms with Crippen LogP contribution in [0.4, 0.5) is 4.39 Å². The number of rotatable bonds is 8. The third kappa shape index (κ3) is 6.37. The Morgan fingerprint density at radius 3 is 2.97 bits per heavy atom. The summed E-state index contributed by atoms with van der Waals surface area (Å²) >= 11 is 1.60. The van der Waals surface area contributed by atoms with Crippen LogP contribution in [0.1, 0.15) is 42.2 Å². The van der Waals surface area contributed by atoms with Gasteiger partial charge in [0, 0.05) is 23.9 Å². The predicted octanol–water partition coefficient (Wildman–Crippen LogP) is 4.72. The number of aliphatic carboxylic acids is 1. The number of methoxy groups -OCH3 is 1. The molecule has 3 atom stereocenters. The van der Waals surface area contributed by atoms with Gasteiger partial charge in [0.25, 0.3) is 0 Å². The fraction of sp³-hybridized carbons (Fsp3) is 0.407. The van der Waals surface area contributed by atoms with Crippen molar-refractivity contribution in [3.8, 4) is 17.6 Å². The van der Waals surface area contributed by atoms with Gasteiger partial charge in [-0.25, -0.2) is 4.39 Å². The summed E-state index contributed by atoms with van der Waals surface area (Å²) in [6, 6.07) is 9.12. The maximum absolute atomic E-state index is 14.7. The van der Waals surface area contributed by atoms with Crippen molar-refractivity contribution in [2.75, 3.05) is 26.7 Å². The average Bonchev–Trinajstić information content (AvgIpc) is 3.36. The Kier molecular flexibility index (Phi) is 8.34. The summed E-state index contributed by atoms with van der Waals surface area (Å²) in [5.74, 6) is 5.61. The number of hydrogen-bond donors (Lipinski definition) is 2. The molecule has 35 heavy (non-hydrogen) atoms. The van der Waals surface area contributed by atoms with E-state index in [4.69, 9.17) is 4.74 Å². The van der Waals surface area contributed by atoms with Crippen LogP contribution in [0.2, 0.25) is 0 Å². The quantitative estimate of drug-likeness (QED) is 0.439. The first-order chi connectivity index (χ1) is 16.9. The Balaban J connectivity index is 1.42. The number of aromatic nitrogens is 1. The van der Waals surface area contributed by atoms with Crippen LogP contribution in [0.15, 0.2) is 41.9 Å². The number of likely N-dealkylation sites (tertiary alicyclic amines) is 1. The highest BCUT2D eigenvalue weighted by molar-refractivity contribution is 7.10. The summed E-state index contributed by atoms with van der Waals surface area (Å²) in [7, 11) is 1.53. The molecule has 1 fully saturated rings. The fourth-order valence-electron chi connectivity index (χ4n) is 4.87. The van der Waals surface area contributed by atoms with Crippen molar-refractivity contribution in [1.29, 1.82) is 0 Å². The fourth-order valence-corrected chi connectivity index (χ4v) is 5.47. The maximum Gasteiger partial charge on any atom is 0.303 e. The zero-order valence-corrected chi connectivity index (χ0v) is 20.4. The van der Waals surface area contributed by atoms with E-state index in [1.807, 2.05) is 17.5 Å². The second-order valence-corrected chi connectivity index (χ2v) is 9.86. The van der Waals surface area contributed by atoms with Crippen molar-refractivity contribution < 1.29 is 24.1 Å². The molecule has 184 valence electrons. The molecule has 6 nitrogen and oxygen atoms in total. The molecule has 0 aliphatic carbocycles. The van der Waals surface area contributed by atoms with E-state index in [0.717, 1.165) is 24.0 Å². The molecule has 8 heteroatoms. The van der Waals surface area contributed by atoms with E-state index in [0.29, 0.717) is 42.6 Å². The van der Waals surface area contributed by atoms with Gasteiger partial charge in [-0.15, -0.1) is 11.3 Å². The number of carboxylic acids is 1. The number of piperidine rings is 1. The van der Waals surface area contributed by atoms with Gasteiger partial charge in [-0.3, -0.25) is 14.7 Å². The smallest absolute Gasteiger partial charge is 0.303 e. The SMILES string of the molecule is COc1ccc2ncc(F)c([C@H](O)CCC3CCN(CC#Cc4cccs4)CC3CC(=O)O)c2c1. The minimum absolute atomic E-state index is 0.0453. The number of aliphatic hydroxyl groups excluding tert-OH is 1. The van der Waals surface area contributed by atoms with Crippen LogP contribution >= 0.6 is 11.3 Å². The van der Waals surface area contributed by atoms with E-state index in [-0.39, 0.29) is 23.8 Å². The van der Waals surface area contributed by atoms with E-state index >= 15 is 0 Å². The third-order valence-corrected chi connectivity index (χ3v) is 7.45. The molecule has 1 aliphatic heterocycles. The predicted molar refractivity (Wildman–Crippen MR) is 134 cm³/mol. The van der Waals surface area contributed by atoms with Crippen molar-refractivity contribution >= 4 is 28.2 Å². The third-order valence-electron chi connectivity index (χ3n) is 6.66. The largest absolute Gasteiger partial charge is 0.497 e. The van der Waals surface area contributed by atoms with E-state index in [1.54, 1.807) is 29.5 Å². The minimum Gasteiger partial charge on any atom is -0.497 e. The molecule has 2 unspecified atom stereocenters. The zero-order chi connectivity index (χ0) is 24.8. The number of ether oxygens (including phenoxy) is 1. The molecule has 1 aliphatic rings. The molecule has 2 N–H and O–H groups in total. The Morgan fingerprint density at radius 1 is 1.37 bits per heavy atom. The highest BCUT2D eigenvalue weighted by atomic mass is 32.1. The number of aliphatic hydroxyl groups is 1. The standard InChI is InChI=1S/C27H29FN2O4S/c1-34-20-7-8-24-22(15-20)27(23(28)16-29-24)25(31)9-6-18-10-12-30(17-19(18)14-26(32)33)11-2-4-21-5-3-13-35-21/h3,5,7-8,13,15-16,18-19,25,31H,6,9-12,14,17H2,1H3,(H,32,33)/t18?,19?,25-/m1/s1. The summed E-state index contributed by atoms with van der Waals surface area (Å²) in [6.07, 6.45) is 1.95. The lowest BCUT2D eigenvalue weighted by Crippen LogP contribution is -2.41. The minimum atomic E-state index is -1.02. The van der Waals surface area contributed by atoms with Crippen LogP contribution in [0, 0.1) is 29.5 Å². The molecule has 0 saturated carbocycles. The number of hydrogen-bond acceptors (Lipinski definition) is 6. The summed E-state index contributed by atoms with van der Waals surface area (Å²) < 4.78 is 20.0. The Morgan fingerprint density at radius 2 is 2.23 bits per heavy atom. The maximum atomic E-state index is 14.7. The first-order valence-corrected chi connectivity index (χ1v) is 12.6. The number of carbonyl (C=O) groups is 1. The lowest BCUT2D eigenvalue weighted by atomic mass is 9.79. The number of carboxylic acid groups (broad SMARTS) is 1. The van der Waals surface area contributed by atoms with Gasteiger partial charge < -0.3 is 14.9 Å². The van der Waals surface area contributed by atoms with Gasteiger partial charge in [0.15, 0.2) is 0 Å². The number of halogens is 1. The topological polar surface area (TPSA) is 82.9 Å². The Bertz CT molecular complexity index is 1220. The molecule has 3 aromatic rings. The molecule has 0 spiro atoms. The molecule has 0 bridgehead atoms. The second-order valence-electron chi connectivity index (χ2n) is 8.92. The van der Waals surface area contributed by atoms with Gasteiger partial charge in [-0.2, -0.15) is 0 Å². The first kappa shape index (κ1) is 25.1. The highest BCUT2D eigenvalue weighted by Crippen LogP contribution is 2.35. The second kappa shape index (κ2) is 11.6. The number of nitrogens with zero attached hydrogens (tertiary/aromatic N) is 2. The van der Waals surface area contributed by atoms with Crippen molar-refractivity contribution in [3.63, 3.8) is 0 Å². The Hall–Kier alpha value is -2.99. The van der Waals surface area contributed by atoms with Crippen LogP contribution in [0.25, 0.3) is 10.9 Å². The van der Waals surface area contributed by atoms with Crippen molar-refractivity contribution in [2.24, 2.45) is 11.8 Å². The summed E-state index contributed by atoms with van der Waals surface area (Å²) in [4.78, 5) is 18.9. The molecule has 1 saturated heterocycles. The molecule has 0 radical (unpaired) electrons. The molecule has 3 heterocycles. The number of benzene rings is 1. The normalized spacial score (nSPS) is 19.2.